The molecule has 0 aromatic carbocycles. The van der Waals surface area contributed by atoms with Crippen LogP contribution in [0.1, 0.15) is 10.4 Å². The van der Waals surface area contributed by atoms with Gasteiger partial charge in [-0.3, -0.25) is 4.79 Å². The zero-order valence-electron chi connectivity index (χ0n) is 8.38. The molecule has 0 saturated carbocycles. The number of carbonyl (C=O) groups is 1. The fourth-order valence-corrected chi connectivity index (χ4v) is 4.18. The van der Waals surface area contributed by atoms with Gasteiger partial charge in [0.25, 0.3) is 5.91 Å². The van der Waals surface area contributed by atoms with Crippen molar-refractivity contribution in [2.75, 3.05) is 5.32 Å². The molecule has 0 bridgehead atoms. The summed E-state index contributed by atoms with van der Waals surface area (Å²) in [5, 5.41) is 2.77. The number of hydrogen-bond acceptors (Lipinski definition) is 4. The van der Waals surface area contributed by atoms with Gasteiger partial charge in [-0.1, -0.05) is 23.2 Å². The molecule has 0 unspecified atom stereocenters. The van der Waals surface area contributed by atoms with Gasteiger partial charge in [-0.05, 0) is 37.9 Å². The molecule has 0 aliphatic rings. The first-order chi connectivity index (χ1) is 8.49. The Labute approximate surface area is 133 Å². The molecule has 2 aromatic rings. The van der Waals surface area contributed by atoms with Gasteiger partial charge in [0.2, 0.25) is 0 Å². The van der Waals surface area contributed by atoms with Gasteiger partial charge < -0.3 is 5.32 Å². The van der Waals surface area contributed by atoms with Gasteiger partial charge in [0.05, 0.1) is 13.1 Å². The number of nitrogens with one attached hydrogen (secondary N) is 1. The molecule has 0 radical (unpaired) electrons. The number of thiophene rings is 1. The zero-order valence-corrected chi connectivity index (χ0v) is 13.9. The molecule has 2 heterocycles. The molecule has 0 fully saturated rings. The van der Waals surface area contributed by atoms with Crippen LogP contribution in [-0.4, -0.2) is 15.9 Å². The topological polar surface area (TPSA) is 54.9 Å². The van der Waals surface area contributed by atoms with Gasteiger partial charge in [0, 0.05) is 0 Å². The van der Waals surface area contributed by atoms with Crippen molar-refractivity contribution in [1.29, 1.82) is 0 Å². The number of hydrogen-bond donors (Lipinski definition) is 1. The number of amides is 1. The van der Waals surface area contributed by atoms with Crippen molar-refractivity contribution in [1.82, 2.24) is 9.97 Å². The van der Waals surface area contributed by atoms with Gasteiger partial charge >= 0.3 is 0 Å². The zero-order chi connectivity index (χ0) is 13.3. The van der Waals surface area contributed by atoms with E-state index in [-0.39, 0.29) is 21.9 Å². The van der Waals surface area contributed by atoms with Gasteiger partial charge in [0.1, 0.15) is 11.3 Å². The predicted octanol–water partition coefficient (Wildman–Crippen LogP) is 4.62. The lowest BCUT2D eigenvalue weighted by Crippen LogP contribution is -2.13. The van der Waals surface area contributed by atoms with E-state index in [1.165, 1.54) is 17.7 Å². The lowest BCUT2D eigenvalue weighted by molar-refractivity contribution is 0.102. The normalized spacial score (nSPS) is 10.4. The summed E-state index contributed by atoms with van der Waals surface area (Å²) in [6, 6.07) is 1.70. The summed E-state index contributed by atoms with van der Waals surface area (Å²) in [4.78, 5) is 19.5. The Balaban J connectivity index is 2.27. The molecule has 0 atom stereocenters. The van der Waals surface area contributed by atoms with Crippen LogP contribution < -0.4 is 5.32 Å². The third kappa shape index (κ3) is 3.03. The van der Waals surface area contributed by atoms with E-state index in [4.69, 9.17) is 23.2 Å². The Bertz CT molecular complexity index is 620. The number of carbonyl (C=O) groups excluding carboxylic acids is 1. The van der Waals surface area contributed by atoms with E-state index >= 15 is 0 Å². The molecule has 0 spiro atoms. The van der Waals surface area contributed by atoms with E-state index in [1.807, 2.05) is 0 Å². The largest absolute Gasteiger partial charge is 0.305 e. The molecule has 2 rings (SSSR count). The third-order valence-corrected chi connectivity index (χ3v) is 4.96. The van der Waals surface area contributed by atoms with Crippen LogP contribution in [-0.2, 0) is 0 Å². The molecule has 2 aromatic heterocycles. The minimum Gasteiger partial charge on any atom is -0.305 e. The molecule has 94 valence electrons. The Hall–Kier alpha value is -0.210. The van der Waals surface area contributed by atoms with Crippen molar-refractivity contribution in [3.63, 3.8) is 0 Å². The molecular formula is C9H3Br2Cl2N3OS. The quantitative estimate of drug-likeness (QED) is 0.706. The maximum absolute atomic E-state index is 12.0. The highest BCUT2D eigenvalue weighted by atomic mass is 79.9. The summed E-state index contributed by atoms with van der Waals surface area (Å²) in [5.74, 6) is -0.156. The monoisotopic (exact) mass is 429 g/mol. The van der Waals surface area contributed by atoms with Crippen molar-refractivity contribution in [3.8, 4) is 0 Å². The Morgan fingerprint density at radius 1 is 1.33 bits per heavy atom. The van der Waals surface area contributed by atoms with E-state index in [0.29, 0.717) is 9.35 Å². The fourth-order valence-electron chi connectivity index (χ4n) is 1.11. The summed E-state index contributed by atoms with van der Waals surface area (Å²) < 4.78 is 1.55. The third-order valence-electron chi connectivity index (χ3n) is 1.88. The van der Waals surface area contributed by atoms with Crippen molar-refractivity contribution in [2.24, 2.45) is 0 Å². The second kappa shape index (κ2) is 5.83. The molecule has 0 aliphatic carbocycles. The Morgan fingerprint density at radius 3 is 2.67 bits per heavy atom. The van der Waals surface area contributed by atoms with E-state index in [9.17, 15) is 4.79 Å². The minimum atomic E-state index is -0.333. The predicted molar refractivity (Wildman–Crippen MR) is 79.7 cm³/mol. The molecule has 0 saturated heterocycles. The maximum Gasteiger partial charge on any atom is 0.258 e. The van der Waals surface area contributed by atoms with Crippen LogP contribution in [0.25, 0.3) is 0 Å². The minimum absolute atomic E-state index is 0.0903. The highest BCUT2D eigenvalue weighted by Crippen LogP contribution is 2.33. The van der Waals surface area contributed by atoms with Crippen molar-refractivity contribution in [2.45, 2.75) is 0 Å². The van der Waals surface area contributed by atoms with Crippen LogP contribution in [0.3, 0.4) is 0 Å². The van der Waals surface area contributed by atoms with Gasteiger partial charge in [0.15, 0.2) is 11.0 Å². The summed E-state index contributed by atoms with van der Waals surface area (Å²) >= 11 is 19.6. The molecule has 18 heavy (non-hydrogen) atoms. The average molecular weight is 432 g/mol. The van der Waals surface area contributed by atoms with Gasteiger partial charge in [-0.25, -0.2) is 9.97 Å². The average Bonchev–Trinajstić information content (AvgIpc) is 2.64. The summed E-state index contributed by atoms with van der Waals surface area (Å²) in [6.45, 7) is 0. The fraction of sp³-hybridized carbons (Fsp3) is 0. The number of aromatic nitrogens is 2. The summed E-state index contributed by atoms with van der Waals surface area (Å²) in [5.41, 5.74) is 0.484. The van der Waals surface area contributed by atoms with Crippen LogP contribution in [0.4, 0.5) is 5.82 Å². The maximum atomic E-state index is 12.0. The number of anilines is 1. The van der Waals surface area contributed by atoms with Crippen LogP contribution in [0.5, 0.6) is 0 Å². The summed E-state index contributed by atoms with van der Waals surface area (Å²) in [7, 11) is 0. The molecule has 4 nitrogen and oxygen atoms in total. The lowest BCUT2D eigenvalue weighted by Gasteiger charge is -2.05. The van der Waals surface area contributed by atoms with Crippen molar-refractivity contribution >= 4 is 78.1 Å². The number of rotatable bonds is 2. The van der Waals surface area contributed by atoms with Crippen LogP contribution in [0, 0.1) is 0 Å². The highest BCUT2D eigenvalue weighted by molar-refractivity contribution is 9.12. The van der Waals surface area contributed by atoms with Crippen molar-refractivity contribution < 1.29 is 4.79 Å². The second-order valence-electron chi connectivity index (χ2n) is 3.02. The highest BCUT2D eigenvalue weighted by Gasteiger charge is 2.16. The van der Waals surface area contributed by atoms with Crippen LogP contribution in [0.15, 0.2) is 20.0 Å². The van der Waals surface area contributed by atoms with E-state index in [1.54, 1.807) is 6.07 Å². The van der Waals surface area contributed by atoms with Gasteiger partial charge in [-0.2, -0.15) is 0 Å². The Morgan fingerprint density at radius 2 is 2.06 bits per heavy atom. The molecular weight excluding hydrogens is 429 g/mol. The first-order valence-electron chi connectivity index (χ1n) is 4.41. The molecule has 9 heteroatoms. The first kappa shape index (κ1) is 14.2. The number of nitrogens with zero attached hydrogens (tertiary/aromatic N) is 2. The SMILES string of the molecule is O=C(Nc1ncnc(Cl)c1Cl)c1cc(Br)sc1Br. The van der Waals surface area contributed by atoms with Gasteiger partial charge in [-0.15, -0.1) is 11.3 Å². The lowest BCUT2D eigenvalue weighted by atomic mass is 10.3. The first-order valence-corrected chi connectivity index (χ1v) is 7.57. The van der Waals surface area contributed by atoms with Crippen molar-refractivity contribution in [3.05, 3.63) is 35.7 Å². The van der Waals surface area contributed by atoms with E-state index in [2.05, 4.69) is 47.1 Å². The summed E-state index contributed by atoms with van der Waals surface area (Å²) in [6.07, 6.45) is 1.22. The second-order valence-corrected chi connectivity index (χ2v) is 7.50. The smallest absolute Gasteiger partial charge is 0.258 e. The van der Waals surface area contributed by atoms with E-state index in [0.717, 1.165) is 3.79 Å². The Kier molecular flexibility index (Phi) is 4.60. The standard InChI is InChI=1S/C9H3Br2Cl2N3OS/c10-4-1-3(6(11)18-4)9(17)16-8-5(12)7(13)14-2-15-8/h1-2H,(H,14,15,16,17). The molecule has 0 aliphatic heterocycles. The molecule has 1 amide bonds. The number of halogens is 4. The molecule has 1 N–H and O–H groups in total. The van der Waals surface area contributed by atoms with Crippen LogP contribution >= 0.6 is 66.4 Å². The van der Waals surface area contributed by atoms with Crippen LogP contribution in [0.2, 0.25) is 10.2 Å². The van der Waals surface area contributed by atoms with E-state index < -0.39 is 0 Å².